The molecular weight excluding hydrogens is 974 g/mol. The van der Waals surface area contributed by atoms with E-state index in [0.29, 0.717) is 46.9 Å². The highest BCUT2D eigenvalue weighted by Gasteiger charge is 2.58. The maximum atomic E-state index is 12.4. The van der Waals surface area contributed by atoms with Crippen LogP contribution in [0.1, 0.15) is 76.4 Å². The Labute approximate surface area is 401 Å². The van der Waals surface area contributed by atoms with Crippen LogP contribution < -0.4 is 18.9 Å². The Bertz CT molecular complexity index is 3080. The number of benzene rings is 4. The van der Waals surface area contributed by atoms with Crippen molar-refractivity contribution >= 4 is 66.1 Å². The molecule has 1 atom stereocenters. The Kier molecular flexibility index (Phi) is 14.3. The Morgan fingerprint density at radius 1 is 0.742 bits per heavy atom. The molecule has 0 saturated heterocycles. The molecule has 0 amide bonds. The zero-order valence-corrected chi connectivity index (χ0v) is 40.4. The molecule has 2 heterocycles. The van der Waals surface area contributed by atoms with Crippen LogP contribution >= 0.6 is 46.4 Å². The third-order valence-electron chi connectivity index (χ3n) is 11.3. The quantitative estimate of drug-likeness (QED) is 0.0735. The van der Waals surface area contributed by atoms with Gasteiger partial charge in [-0.2, -0.15) is 10.5 Å². The summed E-state index contributed by atoms with van der Waals surface area (Å²) < 4.78 is 83.2. The summed E-state index contributed by atoms with van der Waals surface area (Å²) in [5.41, 5.74) is 2.19. The number of alkyl halides is 2. The lowest BCUT2D eigenvalue weighted by atomic mass is 9.44. The third kappa shape index (κ3) is 9.67. The second kappa shape index (κ2) is 19.4. The Balaban J connectivity index is 1.33. The molecule has 0 radical (unpaired) electrons. The lowest BCUT2D eigenvalue weighted by molar-refractivity contribution is 0.170. The molecule has 6 aromatic rings. The van der Waals surface area contributed by atoms with Gasteiger partial charge in [-0.3, -0.25) is 0 Å². The fraction of sp³-hybridized carbons (Fsp3) is 0.304. The summed E-state index contributed by atoms with van der Waals surface area (Å²) in [6, 6.07) is 26.2. The predicted molar refractivity (Wildman–Crippen MR) is 246 cm³/mol. The molecular formula is C46H40Cl4N4O10S2. The Morgan fingerprint density at radius 3 is 1.68 bits per heavy atom. The van der Waals surface area contributed by atoms with E-state index in [1.807, 2.05) is 24.3 Å². The van der Waals surface area contributed by atoms with Gasteiger partial charge in [-0.1, -0.05) is 47.5 Å². The van der Waals surface area contributed by atoms with Crippen molar-refractivity contribution in [3.63, 3.8) is 0 Å². The number of ether oxygens (including phenoxy) is 4. The number of nitriles is 2. The van der Waals surface area contributed by atoms with Gasteiger partial charge in [0.2, 0.25) is 24.8 Å². The van der Waals surface area contributed by atoms with Gasteiger partial charge < -0.3 is 27.8 Å². The largest absolute Gasteiger partial charge is 0.489 e. The number of hydrogen-bond acceptors (Lipinski definition) is 14. The fourth-order valence-corrected chi connectivity index (χ4v) is 10.3. The standard InChI is InChI=1S/C46H40Cl4N4O10S2/c1-27-39(54-44(64-27)66(4,57)58)23-61-35-9-5-31(6-10-35)45(33-17-29(21-51)41(37(49)19-33)59-15-13-47)24-46(25-45,34-18-30(22-52)42(38(50)20-34)60-16-14-48)32-7-11-36(12-8-32)63-28(2)40-43(62-26-53-40)65(3,55)56/h5-12,17-20,26,28H,13-16,23-25H2,1-4H3. The van der Waals surface area contributed by atoms with E-state index in [0.717, 1.165) is 30.0 Å². The molecule has 0 spiro atoms. The number of nitrogens with zero attached hydrogens (tertiary/aromatic N) is 4. The van der Waals surface area contributed by atoms with Gasteiger partial charge in [-0.05, 0) is 97.5 Å². The van der Waals surface area contributed by atoms with E-state index in [9.17, 15) is 27.4 Å². The van der Waals surface area contributed by atoms with E-state index in [1.54, 1.807) is 62.4 Å². The first-order valence-corrected chi connectivity index (χ1v) is 25.6. The fourth-order valence-electron chi connectivity index (χ4n) is 8.23. The van der Waals surface area contributed by atoms with Crippen molar-refractivity contribution in [3.05, 3.63) is 140 Å². The van der Waals surface area contributed by atoms with Gasteiger partial charge in [0.25, 0.3) is 0 Å². The highest BCUT2D eigenvalue weighted by molar-refractivity contribution is 7.90. The highest BCUT2D eigenvalue weighted by atomic mass is 35.5. The van der Waals surface area contributed by atoms with Crippen LogP contribution in [-0.2, 0) is 37.1 Å². The number of rotatable bonds is 18. The summed E-state index contributed by atoms with van der Waals surface area (Å²) in [5, 5.41) is 20.5. The molecule has 1 aliphatic rings. The van der Waals surface area contributed by atoms with E-state index in [1.165, 1.54) is 0 Å². The Hall–Kier alpha value is -5.46. The second-order valence-electron chi connectivity index (χ2n) is 15.6. The minimum absolute atomic E-state index is 0.0636. The summed E-state index contributed by atoms with van der Waals surface area (Å²) in [4.78, 5) is 8.20. The molecule has 0 aliphatic heterocycles. The number of sulfone groups is 2. The van der Waals surface area contributed by atoms with Crippen molar-refractivity contribution in [1.82, 2.24) is 9.97 Å². The van der Waals surface area contributed by atoms with Crippen molar-refractivity contribution in [1.29, 1.82) is 10.5 Å². The number of oxazole rings is 2. The highest BCUT2D eigenvalue weighted by Crippen LogP contribution is 2.64. The average molecular weight is 1010 g/mol. The first kappa shape index (κ1) is 48.5. The monoisotopic (exact) mass is 1010 g/mol. The molecule has 14 nitrogen and oxygen atoms in total. The van der Waals surface area contributed by atoms with Crippen molar-refractivity contribution in [2.75, 3.05) is 37.5 Å². The van der Waals surface area contributed by atoms with E-state index in [-0.39, 0.29) is 75.0 Å². The van der Waals surface area contributed by atoms with Gasteiger partial charge in [0.1, 0.15) is 66.7 Å². The summed E-state index contributed by atoms with van der Waals surface area (Å²) in [6.07, 6.45) is 3.00. The molecule has 1 unspecified atom stereocenters. The molecule has 1 fully saturated rings. The number of halogens is 4. The Morgan fingerprint density at radius 2 is 1.24 bits per heavy atom. The van der Waals surface area contributed by atoms with E-state index in [4.69, 9.17) is 74.2 Å². The van der Waals surface area contributed by atoms with Gasteiger partial charge in [-0.15, -0.1) is 23.2 Å². The lowest BCUT2D eigenvalue weighted by Crippen LogP contribution is -2.54. The van der Waals surface area contributed by atoms with Gasteiger partial charge in [0.15, 0.2) is 17.9 Å². The molecule has 66 heavy (non-hydrogen) atoms. The van der Waals surface area contributed by atoms with Crippen LogP contribution in [0.15, 0.2) is 98.3 Å². The van der Waals surface area contributed by atoms with Crippen LogP contribution in [0.4, 0.5) is 0 Å². The first-order valence-electron chi connectivity index (χ1n) is 20.0. The van der Waals surface area contributed by atoms with Crippen molar-refractivity contribution in [2.45, 2.75) is 60.5 Å². The summed E-state index contributed by atoms with van der Waals surface area (Å²) in [6.45, 7) is 3.44. The van der Waals surface area contributed by atoms with Gasteiger partial charge in [-0.25, -0.2) is 26.8 Å². The van der Waals surface area contributed by atoms with Gasteiger partial charge in [0.05, 0.1) is 32.9 Å². The van der Waals surface area contributed by atoms with Gasteiger partial charge in [0, 0.05) is 23.3 Å². The molecule has 20 heteroatoms. The molecule has 2 aromatic heterocycles. The van der Waals surface area contributed by atoms with Gasteiger partial charge >= 0.3 is 5.22 Å². The summed E-state index contributed by atoms with van der Waals surface area (Å²) in [5.74, 6) is 1.93. The molecule has 1 aliphatic carbocycles. The van der Waals surface area contributed by atoms with Crippen molar-refractivity contribution in [3.8, 4) is 35.1 Å². The minimum atomic E-state index is -3.72. The van der Waals surface area contributed by atoms with Crippen LogP contribution in [0, 0.1) is 29.6 Å². The SMILES string of the molecule is Cc1oc(S(C)(=O)=O)nc1COc1ccc(C2(c3cc(Cl)c(OCCCl)c(C#N)c3)CC(c3ccc(OC(C)c4ncoc4S(C)(=O)=O)cc3)(c3cc(Cl)c(OCCCl)c(C#N)c3)C2)cc1. The smallest absolute Gasteiger partial charge is 0.315 e. The van der Waals surface area contributed by atoms with E-state index >= 15 is 0 Å². The molecule has 7 rings (SSSR count). The van der Waals surface area contributed by atoms with Crippen LogP contribution in [0.3, 0.4) is 0 Å². The number of aromatic nitrogens is 2. The second-order valence-corrected chi connectivity index (χ2v) is 21.0. The minimum Gasteiger partial charge on any atom is -0.489 e. The molecule has 0 bridgehead atoms. The third-order valence-corrected chi connectivity index (χ3v) is 13.9. The molecule has 344 valence electrons. The van der Waals surface area contributed by atoms with Crippen molar-refractivity contribution in [2.24, 2.45) is 0 Å². The lowest BCUT2D eigenvalue weighted by Gasteiger charge is -2.58. The summed E-state index contributed by atoms with van der Waals surface area (Å²) in [7, 11) is -7.39. The number of hydrogen-bond donors (Lipinski definition) is 0. The van der Waals surface area contributed by atoms with Crippen LogP contribution in [0.5, 0.6) is 23.0 Å². The maximum Gasteiger partial charge on any atom is 0.315 e. The topological polar surface area (TPSA) is 205 Å². The molecule has 1 saturated carbocycles. The van der Waals surface area contributed by atoms with Crippen LogP contribution in [0.2, 0.25) is 10.0 Å². The number of aryl methyl sites for hydroxylation is 1. The first-order chi connectivity index (χ1) is 31.4. The van der Waals surface area contributed by atoms with E-state index < -0.39 is 41.8 Å². The summed E-state index contributed by atoms with van der Waals surface area (Å²) >= 11 is 25.7. The zero-order chi connectivity index (χ0) is 47.6. The predicted octanol–water partition coefficient (Wildman–Crippen LogP) is 9.85. The molecule has 0 N–H and O–H groups in total. The van der Waals surface area contributed by atoms with E-state index in [2.05, 4.69) is 22.1 Å². The van der Waals surface area contributed by atoms with Crippen LogP contribution in [0.25, 0.3) is 0 Å². The molecule has 4 aromatic carbocycles. The average Bonchev–Trinajstić information content (AvgIpc) is 3.93. The zero-order valence-electron chi connectivity index (χ0n) is 35.7. The van der Waals surface area contributed by atoms with Crippen molar-refractivity contribution < 1.29 is 44.6 Å². The normalized spacial score (nSPS) is 17.5. The van der Waals surface area contributed by atoms with Crippen LogP contribution in [-0.4, -0.2) is 64.3 Å². The maximum absolute atomic E-state index is 12.4.